The van der Waals surface area contributed by atoms with Gasteiger partial charge in [0.05, 0.1) is 33.9 Å². The lowest BCUT2D eigenvalue weighted by Crippen LogP contribution is -2.44. The average Bonchev–Trinajstić information content (AvgIpc) is 3.39. The summed E-state index contributed by atoms with van der Waals surface area (Å²) < 4.78 is 7.49. The zero-order valence-electron chi connectivity index (χ0n) is 20.5. The highest BCUT2D eigenvalue weighted by Gasteiger charge is 2.26. The van der Waals surface area contributed by atoms with Gasteiger partial charge in [-0.2, -0.15) is 0 Å². The number of anilines is 1. The van der Waals surface area contributed by atoms with Gasteiger partial charge in [-0.1, -0.05) is 25.2 Å². The number of nitrogens with zero attached hydrogens (tertiary/aromatic N) is 4. The molecule has 11 heteroatoms. The molecule has 36 heavy (non-hydrogen) atoms. The zero-order chi connectivity index (χ0) is 25.6. The predicted octanol–water partition coefficient (Wildman–Crippen LogP) is 4.14. The summed E-state index contributed by atoms with van der Waals surface area (Å²) in [5.41, 5.74) is 0.997. The molecule has 4 heterocycles. The maximum absolute atomic E-state index is 13.3. The highest BCUT2D eigenvalue weighted by molar-refractivity contribution is 7.23. The molecule has 2 atom stereocenters. The van der Waals surface area contributed by atoms with Crippen LogP contribution in [0, 0.1) is 18.8 Å². The van der Waals surface area contributed by atoms with Crippen LogP contribution >= 0.6 is 22.7 Å². The number of aromatic nitrogens is 3. The molecule has 0 bridgehead atoms. The van der Waals surface area contributed by atoms with Crippen molar-refractivity contribution in [1.29, 1.82) is 0 Å². The van der Waals surface area contributed by atoms with E-state index in [2.05, 4.69) is 29.1 Å². The van der Waals surface area contributed by atoms with E-state index in [0.717, 1.165) is 33.7 Å². The molecule has 0 aliphatic carbocycles. The van der Waals surface area contributed by atoms with Gasteiger partial charge in [0, 0.05) is 13.1 Å². The highest BCUT2D eigenvalue weighted by atomic mass is 32.1. The number of nitrogens with one attached hydrogen (secondary N) is 1. The summed E-state index contributed by atoms with van der Waals surface area (Å²) in [7, 11) is 1.60. The molecule has 1 aliphatic heterocycles. The fraction of sp³-hybridized carbons (Fsp3) is 0.400. The van der Waals surface area contributed by atoms with Crippen LogP contribution in [0.1, 0.15) is 35.5 Å². The molecule has 1 aromatic carbocycles. The standard InChI is InChI=1S/C25H27N5O4S2/c1-13-7-14(2)10-29(9-13)19(31)11-30-12-26-23-20(24(30)33)15(3)21(36-23)22(32)28-25-27-17-6-5-16(34-4)8-18(17)35-25/h5-6,8,12-14H,7,9-11H2,1-4H3,(H,27,28,32)/t13-,14+. The molecular formula is C25H27N5O4S2. The van der Waals surface area contributed by atoms with Gasteiger partial charge in [0.2, 0.25) is 5.91 Å². The molecule has 1 fully saturated rings. The van der Waals surface area contributed by atoms with Gasteiger partial charge >= 0.3 is 0 Å². The molecule has 2 amide bonds. The number of piperidine rings is 1. The Bertz CT molecular complexity index is 1530. The fourth-order valence-corrected chi connectivity index (χ4v) is 6.76. The van der Waals surface area contributed by atoms with E-state index in [1.807, 2.05) is 23.1 Å². The normalized spacial score (nSPS) is 18.1. The van der Waals surface area contributed by atoms with Crippen molar-refractivity contribution in [3.8, 4) is 5.75 Å². The minimum Gasteiger partial charge on any atom is -0.497 e. The third kappa shape index (κ3) is 4.60. The Hall–Kier alpha value is -3.31. The van der Waals surface area contributed by atoms with Crippen molar-refractivity contribution in [3.05, 3.63) is 45.3 Å². The molecule has 4 aromatic rings. The molecule has 3 aromatic heterocycles. The minimum absolute atomic E-state index is 0.0623. The maximum Gasteiger partial charge on any atom is 0.267 e. The topological polar surface area (TPSA) is 106 Å². The monoisotopic (exact) mass is 525 g/mol. The summed E-state index contributed by atoms with van der Waals surface area (Å²) in [5, 5.41) is 3.67. The van der Waals surface area contributed by atoms with Gasteiger partial charge in [-0.3, -0.25) is 24.3 Å². The Labute approximate surface area is 215 Å². The van der Waals surface area contributed by atoms with Gasteiger partial charge in [-0.25, -0.2) is 9.97 Å². The second kappa shape index (κ2) is 9.62. The smallest absolute Gasteiger partial charge is 0.267 e. The summed E-state index contributed by atoms with van der Waals surface area (Å²) in [6, 6.07) is 5.52. The number of carbonyl (C=O) groups excluding carboxylic acids is 2. The number of methoxy groups -OCH3 is 1. The second-order valence-electron chi connectivity index (χ2n) is 9.47. The van der Waals surface area contributed by atoms with Crippen molar-refractivity contribution in [2.75, 3.05) is 25.5 Å². The molecule has 1 saturated heterocycles. The van der Waals surface area contributed by atoms with E-state index in [1.54, 1.807) is 14.0 Å². The van der Waals surface area contributed by atoms with E-state index in [4.69, 9.17) is 4.74 Å². The predicted molar refractivity (Wildman–Crippen MR) is 142 cm³/mol. The number of thiazole rings is 1. The van der Waals surface area contributed by atoms with Gasteiger partial charge in [-0.15, -0.1) is 11.3 Å². The Morgan fingerprint density at radius 2 is 1.94 bits per heavy atom. The first kappa shape index (κ1) is 24.4. The quantitative estimate of drug-likeness (QED) is 0.420. The van der Waals surface area contributed by atoms with E-state index in [9.17, 15) is 14.4 Å². The number of aryl methyl sites for hydroxylation is 1. The third-order valence-electron chi connectivity index (χ3n) is 6.47. The largest absolute Gasteiger partial charge is 0.497 e. The van der Waals surface area contributed by atoms with E-state index in [1.165, 1.54) is 22.2 Å². The fourth-order valence-electron chi connectivity index (χ4n) is 4.84. The third-order valence-corrected chi connectivity index (χ3v) is 8.60. The lowest BCUT2D eigenvalue weighted by atomic mass is 9.92. The van der Waals surface area contributed by atoms with E-state index in [-0.39, 0.29) is 23.9 Å². The van der Waals surface area contributed by atoms with Crippen molar-refractivity contribution in [3.63, 3.8) is 0 Å². The van der Waals surface area contributed by atoms with Crippen molar-refractivity contribution in [2.24, 2.45) is 11.8 Å². The minimum atomic E-state index is -0.347. The summed E-state index contributed by atoms with van der Waals surface area (Å²) in [5.74, 6) is 1.16. The summed E-state index contributed by atoms with van der Waals surface area (Å²) in [6.07, 6.45) is 2.50. The van der Waals surface area contributed by atoms with Crippen LogP contribution in [-0.4, -0.2) is 51.4 Å². The molecule has 1 aliphatic rings. The van der Waals surface area contributed by atoms with Crippen LogP contribution in [0.3, 0.4) is 0 Å². The van der Waals surface area contributed by atoms with E-state index < -0.39 is 0 Å². The number of rotatable bonds is 5. The summed E-state index contributed by atoms with van der Waals surface area (Å²) in [6.45, 7) is 7.36. The average molecular weight is 526 g/mol. The van der Waals surface area contributed by atoms with Crippen molar-refractivity contribution in [1.82, 2.24) is 19.4 Å². The number of amides is 2. The molecule has 0 saturated carbocycles. The van der Waals surface area contributed by atoms with Gasteiger partial charge in [-0.05, 0) is 48.9 Å². The molecule has 0 spiro atoms. The van der Waals surface area contributed by atoms with Crippen molar-refractivity contribution >= 4 is 60.1 Å². The number of thiophene rings is 1. The highest BCUT2D eigenvalue weighted by Crippen LogP contribution is 2.31. The SMILES string of the molecule is COc1ccc2nc(NC(=O)c3sc4ncn(CC(=O)N5C[C@H](C)C[C@H](C)C5)c(=O)c4c3C)sc2c1. The molecule has 188 valence electrons. The van der Waals surface area contributed by atoms with Crippen molar-refractivity contribution in [2.45, 2.75) is 33.7 Å². The molecule has 1 N–H and O–H groups in total. The Kier molecular flexibility index (Phi) is 6.52. The van der Waals surface area contributed by atoms with Crippen LogP contribution in [0.4, 0.5) is 5.13 Å². The van der Waals surface area contributed by atoms with Crippen LogP contribution < -0.4 is 15.6 Å². The summed E-state index contributed by atoms with van der Waals surface area (Å²) in [4.78, 5) is 50.9. The van der Waals surface area contributed by atoms with Gasteiger partial charge < -0.3 is 9.64 Å². The van der Waals surface area contributed by atoms with Gasteiger partial charge in [0.25, 0.3) is 11.5 Å². The lowest BCUT2D eigenvalue weighted by molar-refractivity contribution is -0.134. The van der Waals surface area contributed by atoms with Crippen LogP contribution in [-0.2, 0) is 11.3 Å². The van der Waals surface area contributed by atoms with E-state index >= 15 is 0 Å². The second-order valence-corrected chi connectivity index (χ2v) is 11.5. The molecule has 0 radical (unpaired) electrons. The van der Waals surface area contributed by atoms with Crippen molar-refractivity contribution < 1.29 is 14.3 Å². The molecule has 0 unspecified atom stereocenters. The first-order valence-corrected chi connectivity index (χ1v) is 13.4. The zero-order valence-corrected chi connectivity index (χ0v) is 22.2. The van der Waals surface area contributed by atoms with Crippen LogP contribution in [0.25, 0.3) is 20.4 Å². The number of carbonyl (C=O) groups is 2. The van der Waals surface area contributed by atoms with Crippen LogP contribution in [0.5, 0.6) is 5.75 Å². The summed E-state index contributed by atoms with van der Waals surface area (Å²) >= 11 is 2.51. The number of hydrogen-bond donors (Lipinski definition) is 1. The maximum atomic E-state index is 13.3. The van der Waals surface area contributed by atoms with E-state index in [0.29, 0.717) is 50.7 Å². The van der Waals surface area contributed by atoms with Crippen LogP contribution in [0.15, 0.2) is 29.3 Å². The molecule has 9 nitrogen and oxygen atoms in total. The first-order chi connectivity index (χ1) is 17.2. The number of benzene rings is 1. The lowest BCUT2D eigenvalue weighted by Gasteiger charge is -2.35. The van der Waals surface area contributed by atoms with Gasteiger partial charge in [0.1, 0.15) is 17.1 Å². The Balaban J connectivity index is 1.38. The number of hydrogen-bond acceptors (Lipinski definition) is 8. The number of likely N-dealkylation sites (tertiary alicyclic amines) is 1. The van der Waals surface area contributed by atoms with Crippen LogP contribution in [0.2, 0.25) is 0 Å². The molecular weight excluding hydrogens is 498 g/mol. The number of fused-ring (bicyclic) bond motifs is 2. The first-order valence-electron chi connectivity index (χ1n) is 11.8. The Morgan fingerprint density at radius 1 is 1.19 bits per heavy atom. The molecule has 5 rings (SSSR count). The van der Waals surface area contributed by atoms with Gasteiger partial charge in [0.15, 0.2) is 5.13 Å². The Morgan fingerprint density at radius 3 is 2.67 bits per heavy atom. The number of ether oxygens (including phenoxy) is 1.